The van der Waals surface area contributed by atoms with E-state index in [1.807, 2.05) is 0 Å². The van der Waals surface area contributed by atoms with Crippen molar-refractivity contribution in [1.29, 1.82) is 0 Å². The summed E-state index contributed by atoms with van der Waals surface area (Å²) in [7, 11) is 0. The van der Waals surface area contributed by atoms with Crippen LogP contribution in [0.4, 0.5) is 0 Å². The quantitative estimate of drug-likeness (QED) is 0.0152. The smallest absolute Gasteiger partial charge is 0.352 e. The summed E-state index contributed by atoms with van der Waals surface area (Å²) >= 11 is 0. The molecule has 418 valence electrons. The van der Waals surface area contributed by atoms with Gasteiger partial charge in [0, 0.05) is 54.2 Å². The van der Waals surface area contributed by atoms with Gasteiger partial charge in [-0.15, -0.1) is 0 Å². The van der Waals surface area contributed by atoms with Crippen molar-refractivity contribution >= 4 is 35.8 Å². The highest BCUT2D eigenvalue weighted by molar-refractivity contribution is 5.85. The number of carbonyl (C=O) groups is 6. The van der Waals surface area contributed by atoms with Crippen LogP contribution in [0.1, 0.15) is 225 Å². The van der Waals surface area contributed by atoms with Crippen LogP contribution in [0.2, 0.25) is 0 Å². The molecule has 0 spiro atoms. The van der Waals surface area contributed by atoms with E-state index >= 15 is 0 Å². The van der Waals surface area contributed by atoms with Gasteiger partial charge in [0.05, 0.1) is 6.54 Å². The minimum Gasteiger partial charge on any atom is -0.423 e. The maximum Gasteiger partial charge on any atom is 0.352 e. The molecule has 0 amide bonds. The number of hydrogen-bond donors (Lipinski definition) is 0. The highest BCUT2D eigenvalue weighted by atomic mass is 17.0. The number of unbranched alkanes of at least 4 members (excludes halogenated alkanes) is 27. The second-order valence-electron chi connectivity index (χ2n) is 18.1. The molecule has 0 aromatic heterocycles. The molecule has 0 aliphatic rings. The molecule has 0 saturated carbocycles. The minimum absolute atomic E-state index is 0.343. The molecule has 1 rings (SSSR count). The molecule has 0 fully saturated rings. The summed E-state index contributed by atoms with van der Waals surface area (Å²) in [6.45, 7) is 27.1. The highest BCUT2D eigenvalue weighted by Crippen LogP contribution is 2.25. The van der Waals surface area contributed by atoms with Crippen LogP contribution in [0, 0.1) is 0 Å². The zero-order valence-corrected chi connectivity index (χ0v) is 46.2. The Morgan fingerprint density at radius 2 is 0.689 bits per heavy atom. The molecule has 0 heterocycles. The van der Waals surface area contributed by atoms with Gasteiger partial charge in [-0.25, -0.2) is 28.8 Å². The third kappa shape index (κ3) is 46.2. The number of ether oxygens (including phenoxy) is 4. The van der Waals surface area contributed by atoms with Gasteiger partial charge in [0.2, 0.25) is 6.29 Å². The van der Waals surface area contributed by atoms with Crippen LogP contribution in [0.5, 0.6) is 11.5 Å². The Balaban J connectivity index is 0. The second-order valence-corrected chi connectivity index (χ2v) is 18.1. The molecule has 0 unspecified atom stereocenters. The average Bonchev–Trinajstić information content (AvgIpc) is 3.40. The summed E-state index contributed by atoms with van der Waals surface area (Å²) in [5, 5.41) is 0.902. The maximum atomic E-state index is 11.5. The fraction of sp³-hybridized carbons (Fsp3) is 0.607. The zero-order chi connectivity index (χ0) is 55.3. The summed E-state index contributed by atoms with van der Waals surface area (Å²) in [4.78, 5) is 77.4. The molecule has 1 aromatic carbocycles. The first kappa shape index (κ1) is 70.5. The van der Waals surface area contributed by atoms with Gasteiger partial charge in [0.15, 0.2) is 0 Å². The molecule has 13 nitrogen and oxygen atoms in total. The van der Waals surface area contributed by atoms with Crippen LogP contribution >= 0.6 is 0 Å². The van der Waals surface area contributed by atoms with Gasteiger partial charge < -0.3 is 28.6 Å². The number of carbonyl (C=O) groups excluding carboxylic acids is 6. The van der Waals surface area contributed by atoms with E-state index in [9.17, 15) is 28.8 Å². The lowest BCUT2D eigenvalue weighted by Gasteiger charge is -2.17. The monoisotopic (exact) mass is 1040 g/mol. The van der Waals surface area contributed by atoms with Gasteiger partial charge >= 0.3 is 35.8 Å². The molecule has 0 aliphatic carbocycles. The Labute approximate surface area is 447 Å². The lowest BCUT2D eigenvalue weighted by molar-refractivity contribution is -0.320. The topological polar surface area (TPSA) is 161 Å². The van der Waals surface area contributed by atoms with Gasteiger partial charge in [-0.05, 0) is 43.4 Å². The Bertz CT molecular complexity index is 1570. The van der Waals surface area contributed by atoms with Crippen LogP contribution in [0.25, 0.3) is 0 Å². The Kier molecular flexibility index (Phi) is 49.8. The van der Waals surface area contributed by atoms with E-state index in [0.717, 1.165) is 105 Å². The molecule has 13 heteroatoms. The number of nitrogens with zero attached hydrogens (tertiary/aromatic N) is 1. The van der Waals surface area contributed by atoms with Crippen molar-refractivity contribution in [2.24, 2.45) is 0 Å². The molecule has 1 aromatic rings. The first-order valence-electron chi connectivity index (χ1n) is 27.8. The first-order valence-corrected chi connectivity index (χ1v) is 27.8. The van der Waals surface area contributed by atoms with Crippen LogP contribution in [-0.4, -0.2) is 53.9 Å². The van der Waals surface area contributed by atoms with E-state index in [1.165, 1.54) is 147 Å². The van der Waals surface area contributed by atoms with E-state index in [4.69, 9.17) is 28.6 Å². The largest absolute Gasteiger partial charge is 0.423 e. The predicted molar refractivity (Wildman–Crippen MR) is 298 cm³/mol. The number of aryl methyl sites for hydroxylation is 1. The molecule has 0 saturated heterocycles. The van der Waals surface area contributed by atoms with Crippen molar-refractivity contribution in [3.05, 3.63) is 99.7 Å². The van der Waals surface area contributed by atoms with E-state index in [1.54, 1.807) is 12.1 Å². The Hall–Kier alpha value is -5.56. The average molecular weight is 1040 g/mol. The van der Waals surface area contributed by atoms with Crippen molar-refractivity contribution in [3.8, 4) is 11.5 Å². The van der Waals surface area contributed by atoms with Crippen LogP contribution in [0.15, 0.2) is 94.1 Å². The summed E-state index contributed by atoms with van der Waals surface area (Å²) < 4.78 is 20.4. The van der Waals surface area contributed by atoms with E-state index < -0.39 is 42.1 Å². The number of hydrogen-bond acceptors (Lipinski definition) is 13. The molecule has 0 bridgehead atoms. The van der Waals surface area contributed by atoms with Gasteiger partial charge in [0.1, 0.15) is 11.5 Å². The highest BCUT2D eigenvalue weighted by Gasteiger charge is 2.17. The molecule has 74 heavy (non-hydrogen) atoms. The predicted octanol–water partition coefficient (Wildman–Crippen LogP) is 15.9. The Morgan fingerprint density at radius 3 is 1.01 bits per heavy atom. The van der Waals surface area contributed by atoms with Crippen molar-refractivity contribution in [2.45, 2.75) is 233 Å². The third-order valence-electron chi connectivity index (χ3n) is 11.6. The summed E-state index contributed by atoms with van der Waals surface area (Å²) in [5.41, 5.74) is 0.973. The fourth-order valence-electron chi connectivity index (χ4n) is 7.43. The fourth-order valence-corrected chi connectivity index (χ4v) is 7.43. The molecular weight excluding hydrogens is 939 g/mol. The van der Waals surface area contributed by atoms with Crippen LogP contribution in [-0.2, 0) is 54.3 Å². The number of benzene rings is 1. The first-order chi connectivity index (χ1) is 35.9. The summed E-state index contributed by atoms with van der Waals surface area (Å²) in [6, 6.07) is 5.13. The van der Waals surface area contributed by atoms with Crippen LogP contribution in [0.3, 0.4) is 0 Å². The van der Waals surface area contributed by atoms with Gasteiger partial charge in [-0.2, -0.15) is 0 Å². The summed E-state index contributed by atoms with van der Waals surface area (Å²) in [6.07, 6.45) is 43.8. The van der Waals surface area contributed by atoms with E-state index in [0.29, 0.717) is 24.5 Å². The van der Waals surface area contributed by atoms with Gasteiger partial charge in [0.25, 0.3) is 0 Å². The third-order valence-corrected chi connectivity index (χ3v) is 11.6. The standard InChI is InChI=1S/C24H34O4.C19H32O4.C18H31NO4/c1-4-7-8-9-10-11-12-13-14-15-16-20-17-21(27-23(25)5-2)19-22(18-20)28-24(26)6-3;2*1-4-7-8-9-10-11-12-13-14-15-16-19(22-17(20)5-2)23-18(21)6-3/h5-6,17-19H,2-4,7-16H2,1H3;5-6,19H,2-4,7-16H2,1H3;5-6H,2-4,7-16H2,1H3. The molecule has 0 aliphatic heterocycles. The molecule has 0 atom stereocenters. The van der Waals surface area contributed by atoms with Crippen molar-refractivity contribution < 1.29 is 57.4 Å². The normalized spacial score (nSPS) is 10.3. The molecule has 0 N–H and O–H groups in total. The second kappa shape index (κ2) is 52.3. The molecular formula is C61H97NO12. The van der Waals surface area contributed by atoms with Gasteiger partial charge in [-0.1, -0.05) is 234 Å². The lowest BCUT2D eigenvalue weighted by atomic mass is 10.0. The summed E-state index contributed by atoms with van der Waals surface area (Å²) in [5.74, 6) is -2.88. The van der Waals surface area contributed by atoms with Crippen molar-refractivity contribution in [1.82, 2.24) is 5.23 Å². The van der Waals surface area contributed by atoms with E-state index in [2.05, 4.69) is 60.2 Å². The van der Waals surface area contributed by atoms with Crippen molar-refractivity contribution in [2.75, 3.05) is 6.54 Å². The van der Waals surface area contributed by atoms with E-state index in [-0.39, 0.29) is 0 Å². The lowest BCUT2D eigenvalue weighted by Crippen LogP contribution is -2.30. The Morgan fingerprint density at radius 1 is 0.392 bits per heavy atom. The minimum atomic E-state index is -0.847. The SMILES string of the molecule is C=CC(=O)OC(CCCCCCCCCCCC)OC(=O)C=C.C=CC(=O)ON(CCCCCCCCCCCC)OC(=O)C=C.C=CC(=O)Oc1cc(CCCCCCCCCCCC)cc(OC(=O)C=C)c1. The zero-order valence-electron chi connectivity index (χ0n) is 46.2. The molecule has 0 radical (unpaired) electrons. The van der Waals surface area contributed by atoms with Gasteiger partial charge in [-0.3, -0.25) is 0 Å². The number of hydroxylamine groups is 2. The van der Waals surface area contributed by atoms with Crippen LogP contribution < -0.4 is 9.47 Å². The number of esters is 4. The van der Waals surface area contributed by atoms with Crippen molar-refractivity contribution in [3.63, 3.8) is 0 Å². The number of rotatable bonds is 45. The maximum absolute atomic E-state index is 11.5.